The van der Waals surface area contributed by atoms with Gasteiger partial charge in [0, 0.05) is 20.3 Å². The van der Waals surface area contributed by atoms with E-state index < -0.39 is 0 Å². The van der Waals surface area contributed by atoms with Crippen molar-refractivity contribution in [2.45, 2.75) is 19.3 Å². The summed E-state index contributed by atoms with van der Waals surface area (Å²) < 4.78 is 5.62. The summed E-state index contributed by atoms with van der Waals surface area (Å²) in [4.78, 5) is 15.8. The van der Waals surface area contributed by atoms with Crippen molar-refractivity contribution in [3.05, 3.63) is 28.5 Å². The number of amides is 1. The van der Waals surface area contributed by atoms with Gasteiger partial charge < -0.3 is 10.1 Å². The molecule has 1 aromatic heterocycles. The van der Waals surface area contributed by atoms with Crippen molar-refractivity contribution in [2.75, 3.05) is 20.3 Å². The van der Waals surface area contributed by atoms with E-state index in [-0.39, 0.29) is 5.91 Å². The molecule has 0 unspecified atom stereocenters. The Morgan fingerprint density at radius 1 is 1.41 bits per heavy atom. The Balaban J connectivity index is 2.21. The van der Waals surface area contributed by atoms with Crippen LogP contribution in [-0.2, 0) is 4.74 Å². The van der Waals surface area contributed by atoms with Gasteiger partial charge >= 0.3 is 0 Å². The molecule has 1 rings (SSSR count). The highest BCUT2D eigenvalue weighted by molar-refractivity contribution is 9.10. The van der Waals surface area contributed by atoms with Crippen molar-refractivity contribution < 1.29 is 9.53 Å². The number of aromatic nitrogens is 1. The Hall–Kier alpha value is -0.940. The number of pyridine rings is 1. The third-order valence-corrected chi connectivity index (χ3v) is 2.70. The van der Waals surface area contributed by atoms with Crippen molar-refractivity contribution in [3.63, 3.8) is 0 Å². The second kappa shape index (κ2) is 8.20. The van der Waals surface area contributed by atoms with E-state index in [4.69, 9.17) is 4.74 Å². The van der Waals surface area contributed by atoms with E-state index in [1.54, 1.807) is 25.3 Å². The lowest BCUT2D eigenvalue weighted by Crippen LogP contribution is -2.25. The summed E-state index contributed by atoms with van der Waals surface area (Å²) in [5, 5.41) is 2.84. The van der Waals surface area contributed by atoms with Gasteiger partial charge in [0.05, 0.1) is 0 Å². The maximum Gasteiger partial charge on any atom is 0.269 e. The highest BCUT2D eigenvalue weighted by atomic mass is 79.9. The molecule has 0 fully saturated rings. The molecular formula is C12H17BrN2O2. The number of rotatable bonds is 7. The Bertz CT molecular complexity index is 358. The van der Waals surface area contributed by atoms with E-state index >= 15 is 0 Å². The van der Waals surface area contributed by atoms with E-state index in [0.29, 0.717) is 16.8 Å². The number of carbonyl (C=O) groups is 1. The molecule has 1 heterocycles. The fourth-order valence-corrected chi connectivity index (χ4v) is 1.72. The molecule has 4 nitrogen and oxygen atoms in total. The molecule has 0 atom stereocenters. The SMILES string of the molecule is COCCCCCNC(=O)c1cccc(Br)n1. The van der Waals surface area contributed by atoms with Gasteiger partial charge in [-0.3, -0.25) is 4.79 Å². The molecule has 94 valence electrons. The van der Waals surface area contributed by atoms with Crippen LogP contribution < -0.4 is 5.32 Å². The van der Waals surface area contributed by atoms with Gasteiger partial charge in [-0.05, 0) is 47.3 Å². The van der Waals surface area contributed by atoms with Gasteiger partial charge in [-0.15, -0.1) is 0 Å². The quantitative estimate of drug-likeness (QED) is 0.621. The summed E-state index contributed by atoms with van der Waals surface area (Å²) in [6.07, 6.45) is 3.05. The fraction of sp³-hybridized carbons (Fsp3) is 0.500. The number of nitrogens with zero attached hydrogens (tertiary/aromatic N) is 1. The molecule has 0 bridgehead atoms. The number of carbonyl (C=O) groups excluding carboxylic acids is 1. The minimum Gasteiger partial charge on any atom is -0.385 e. The fourth-order valence-electron chi connectivity index (χ4n) is 1.38. The van der Waals surface area contributed by atoms with E-state index in [1.807, 2.05) is 0 Å². The van der Waals surface area contributed by atoms with Crippen molar-refractivity contribution in [3.8, 4) is 0 Å². The predicted molar refractivity (Wildman–Crippen MR) is 70.0 cm³/mol. The van der Waals surface area contributed by atoms with Crippen LogP contribution >= 0.6 is 15.9 Å². The molecule has 1 aromatic rings. The summed E-state index contributed by atoms with van der Waals surface area (Å²) in [7, 11) is 1.70. The molecule has 0 saturated heterocycles. The van der Waals surface area contributed by atoms with Crippen LogP contribution in [0.2, 0.25) is 0 Å². The lowest BCUT2D eigenvalue weighted by Gasteiger charge is -2.04. The Morgan fingerprint density at radius 3 is 2.94 bits per heavy atom. The molecule has 0 aliphatic rings. The van der Waals surface area contributed by atoms with E-state index in [9.17, 15) is 4.79 Å². The van der Waals surface area contributed by atoms with Crippen molar-refractivity contribution in [1.82, 2.24) is 10.3 Å². The van der Waals surface area contributed by atoms with Crippen LogP contribution in [0, 0.1) is 0 Å². The maximum atomic E-state index is 11.7. The molecule has 17 heavy (non-hydrogen) atoms. The molecular weight excluding hydrogens is 284 g/mol. The lowest BCUT2D eigenvalue weighted by molar-refractivity contribution is 0.0947. The molecule has 5 heteroatoms. The monoisotopic (exact) mass is 300 g/mol. The van der Waals surface area contributed by atoms with Gasteiger partial charge in [-0.1, -0.05) is 6.07 Å². The number of halogens is 1. The highest BCUT2D eigenvalue weighted by Crippen LogP contribution is 2.06. The lowest BCUT2D eigenvalue weighted by atomic mass is 10.2. The number of ether oxygens (including phenoxy) is 1. The summed E-state index contributed by atoms with van der Waals surface area (Å²) in [6, 6.07) is 5.29. The van der Waals surface area contributed by atoms with Crippen molar-refractivity contribution in [1.29, 1.82) is 0 Å². The third-order valence-electron chi connectivity index (χ3n) is 2.26. The van der Waals surface area contributed by atoms with Gasteiger partial charge in [0.25, 0.3) is 5.91 Å². The largest absolute Gasteiger partial charge is 0.385 e. The van der Waals surface area contributed by atoms with E-state index in [2.05, 4.69) is 26.2 Å². The molecule has 0 aromatic carbocycles. The molecule has 1 N–H and O–H groups in total. The second-order valence-electron chi connectivity index (χ2n) is 3.65. The van der Waals surface area contributed by atoms with Crippen LogP contribution in [0.15, 0.2) is 22.8 Å². The van der Waals surface area contributed by atoms with Gasteiger partial charge in [0.1, 0.15) is 10.3 Å². The summed E-state index contributed by atoms with van der Waals surface area (Å²) in [5.74, 6) is -0.127. The van der Waals surface area contributed by atoms with Gasteiger partial charge in [-0.25, -0.2) is 4.98 Å². The van der Waals surface area contributed by atoms with Crippen LogP contribution in [0.25, 0.3) is 0 Å². The summed E-state index contributed by atoms with van der Waals surface area (Å²) >= 11 is 3.24. The average Bonchev–Trinajstić information content (AvgIpc) is 2.33. The Labute approximate surface area is 110 Å². The standard InChI is InChI=1S/C12H17BrN2O2/c1-17-9-4-2-3-8-14-12(16)10-6-5-7-11(13)15-10/h5-7H,2-4,8-9H2,1H3,(H,14,16). The molecule has 0 spiro atoms. The number of nitrogens with one attached hydrogen (secondary N) is 1. The van der Waals surface area contributed by atoms with Crippen molar-refractivity contribution >= 4 is 21.8 Å². The van der Waals surface area contributed by atoms with Crippen LogP contribution in [0.3, 0.4) is 0 Å². The zero-order valence-electron chi connectivity index (χ0n) is 9.91. The number of hydrogen-bond donors (Lipinski definition) is 1. The smallest absolute Gasteiger partial charge is 0.269 e. The van der Waals surface area contributed by atoms with Gasteiger partial charge in [0.15, 0.2) is 0 Å². The first-order valence-electron chi connectivity index (χ1n) is 5.63. The van der Waals surface area contributed by atoms with Crippen LogP contribution in [0.4, 0.5) is 0 Å². The number of unbranched alkanes of at least 4 members (excludes halogenated alkanes) is 2. The van der Waals surface area contributed by atoms with E-state index in [0.717, 1.165) is 25.9 Å². The van der Waals surface area contributed by atoms with E-state index in [1.165, 1.54) is 0 Å². The Kier molecular flexibility index (Phi) is 6.81. The van der Waals surface area contributed by atoms with Gasteiger partial charge in [0.2, 0.25) is 0 Å². The van der Waals surface area contributed by atoms with Crippen LogP contribution in [-0.4, -0.2) is 31.2 Å². The minimum absolute atomic E-state index is 0.127. The highest BCUT2D eigenvalue weighted by Gasteiger charge is 2.05. The first kappa shape index (κ1) is 14.1. The van der Waals surface area contributed by atoms with Crippen molar-refractivity contribution in [2.24, 2.45) is 0 Å². The number of hydrogen-bond acceptors (Lipinski definition) is 3. The molecule has 1 amide bonds. The first-order valence-corrected chi connectivity index (χ1v) is 6.43. The topological polar surface area (TPSA) is 51.2 Å². The zero-order chi connectivity index (χ0) is 12.5. The third kappa shape index (κ3) is 5.79. The first-order chi connectivity index (χ1) is 8.24. The number of methoxy groups -OCH3 is 1. The summed E-state index contributed by atoms with van der Waals surface area (Å²) in [6.45, 7) is 1.46. The summed E-state index contributed by atoms with van der Waals surface area (Å²) in [5.41, 5.74) is 0.441. The van der Waals surface area contributed by atoms with Crippen LogP contribution in [0.1, 0.15) is 29.8 Å². The van der Waals surface area contributed by atoms with Crippen LogP contribution in [0.5, 0.6) is 0 Å². The second-order valence-corrected chi connectivity index (χ2v) is 4.47. The zero-order valence-corrected chi connectivity index (χ0v) is 11.5. The Morgan fingerprint density at radius 2 is 2.24 bits per heavy atom. The molecule has 0 saturated carbocycles. The molecule has 0 aliphatic carbocycles. The molecule has 0 radical (unpaired) electrons. The van der Waals surface area contributed by atoms with Gasteiger partial charge in [-0.2, -0.15) is 0 Å². The minimum atomic E-state index is -0.127. The maximum absolute atomic E-state index is 11.7. The average molecular weight is 301 g/mol. The molecule has 0 aliphatic heterocycles. The predicted octanol–water partition coefficient (Wildman–Crippen LogP) is 2.39. The normalized spacial score (nSPS) is 10.2.